The van der Waals surface area contributed by atoms with E-state index in [4.69, 9.17) is 0 Å². The number of nitrogens with one attached hydrogen (secondary N) is 2. The lowest BCUT2D eigenvalue weighted by Gasteiger charge is -2.33. The molecular formula is C16H34N2O3S. The summed E-state index contributed by atoms with van der Waals surface area (Å²) in [5.74, 6) is -0.00280. The molecule has 0 heterocycles. The Morgan fingerprint density at radius 1 is 0.955 bits per heavy atom. The third-order valence-corrected chi connectivity index (χ3v) is 6.06. The van der Waals surface area contributed by atoms with Crippen molar-refractivity contribution in [2.45, 2.75) is 91.5 Å². The molecule has 0 atom stereocenters. The summed E-state index contributed by atoms with van der Waals surface area (Å²) in [6, 6.07) is 0.0965. The Hall–Kier alpha value is -0.620. The van der Waals surface area contributed by atoms with Crippen LogP contribution in [0.25, 0.3) is 0 Å². The van der Waals surface area contributed by atoms with Crippen LogP contribution >= 0.6 is 0 Å². The van der Waals surface area contributed by atoms with Crippen LogP contribution in [0.1, 0.15) is 75.2 Å². The lowest BCUT2D eigenvalue weighted by Crippen LogP contribution is -2.51. The number of sulfonamides is 1. The molecule has 0 aromatic heterocycles. The fourth-order valence-corrected chi connectivity index (χ4v) is 2.90. The molecule has 22 heavy (non-hydrogen) atoms. The summed E-state index contributed by atoms with van der Waals surface area (Å²) in [7, 11) is -3.41. The number of carbonyl (C=O) groups is 1. The predicted molar refractivity (Wildman–Crippen MR) is 92.2 cm³/mol. The Morgan fingerprint density at radius 3 is 1.77 bits per heavy atom. The zero-order chi connectivity index (χ0) is 18.0. The minimum Gasteiger partial charge on any atom is -0.353 e. The topological polar surface area (TPSA) is 75.3 Å². The predicted octanol–water partition coefficient (Wildman–Crippen LogP) is 2.81. The van der Waals surface area contributed by atoms with Crippen molar-refractivity contribution in [2.75, 3.05) is 0 Å². The van der Waals surface area contributed by atoms with Gasteiger partial charge in [0.25, 0.3) is 0 Å². The summed E-state index contributed by atoms with van der Waals surface area (Å²) in [6.45, 7) is 16.4. The summed E-state index contributed by atoms with van der Waals surface area (Å²) >= 11 is 0. The van der Waals surface area contributed by atoms with E-state index in [0.29, 0.717) is 12.8 Å². The van der Waals surface area contributed by atoms with Gasteiger partial charge in [-0.15, -0.1) is 0 Å². The smallest absolute Gasteiger partial charge is 0.225 e. The molecule has 1 amide bonds. The minimum atomic E-state index is -3.41. The molecule has 132 valence electrons. The number of hydrogen-bond acceptors (Lipinski definition) is 3. The highest BCUT2D eigenvalue weighted by Gasteiger charge is 2.36. The van der Waals surface area contributed by atoms with E-state index in [9.17, 15) is 13.2 Å². The van der Waals surface area contributed by atoms with Crippen LogP contribution in [-0.4, -0.2) is 30.7 Å². The largest absolute Gasteiger partial charge is 0.353 e. The second kappa shape index (κ2) is 6.87. The Labute approximate surface area is 136 Å². The summed E-state index contributed by atoms with van der Waals surface area (Å²) in [4.78, 5) is 12.2. The van der Waals surface area contributed by atoms with Crippen LogP contribution in [0.5, 0.6) is 0 Å². The van der Waals surface area contributed by atoms with Crippen molar-refractivity contribution < 1.29 is 13.2 Å². The monoisotopic (exact) mass is 334 g/mol. The van der Waals surface area contributed by atoms with E-state index in [1.54, 1.807) is 20.8 Å². The summed E-state index contributed by atoms with van der Waals surface area (Å²) in [5, 5.41) is 2.91. The van der Waals surface area contributed by atoms with Crippen LogP contribution in [0.4, 0.5) is 0 Å². The lowest BCUT2D eigenvalue weighted by molar-refractivity contribution is -0.130. The van der Waals surface area contributed by atoms with Gasteiger partial charge in [-0.1, -0.05) is 13.8 Å². The van der Waals surface area contributed by atoms with Crippen molar-refractivity contribution in [2.24, 2.45) is 5.41 Å². The van der Waals surface area contributed by atoms with Gasteiger partial charge in [0, 0.05) is 17.0 Å². The number of carbonyl (C=O) groups excluding carboxylic acids is 1. The molecule has 0 aliphatic heterocycles. The molecule has 0 fully saturated rings. The lowest BCUT2D eigenvalue weighted by atomic mass is 9.82. The molecule has 0 aliphatic rings. The van der Waals surface area contributed by atoms with Crippen molar-refractivity contribution in [3.63, 3.8) is 0 Å². The van der Waals surface area contributed by atoms with Crippen molar-refractivity contribution in [3.05, 3.63) is 0 Å². The average Bonchev–Trinajstić information content (AvgIpc) is 2.22. The van der Waals surface area contributed by atoms with Crippen LogP contribution in [0.15, 0.2) is 0 Å². The highest BCUT2D eigenvalue weighted by molar-refractivity contribution is 7.90. The minimum absolute atomic E-state index is 0.00280. The Morgan fingerprint density at radius 2 is 1.41 bits per heavy atom. The van der Waals surface area contributed by atoms with Crippen LogP contribution in [0.3, 0.4) is 0 Å². The van der Waals surface area contributed by atoms with Gasteiger partial charge >= 0.3 is 0 Å². The molecule has 0 aromatic rings. The molecule has 2 N–H and O–H groups in total. The summed E-state index contributed by atoms with van der Waals surface area (Å²) in [6.07, 6.45) is 1.19. The highest BCUT2D eigenvalue weighted by atomic mass is 32.2. The Kier molecular flexibility index (Phi) is 6.68. The highest BCUT2D eigenvalue weighted by Crippen LogP contribution is 2.28. The van der Waals surface area contributed by atoms with E-state index in [0.717, 1.165) is 0 Å². The molecule has 0 saturated carbocycles. The molecule has 0 bridgehead atoms. The molecule has 0 aromatic carbocycles. The van der Waals surface area contributed by atoms with E-state index in [1.807, 2.05) is 41.5 Å². The van der Waals surface area contributed by atoms with Crippen molar-refractivity contribution in [1.82, 2.24) is 10.0 Å². The first kappa shape index (κ1) is 21.4. The molecule has 6 heteroatoms. The molecule has 0 unspecified atom stereocenters. The van der Waals surface area contributed by atoms with E-state index in [-0.39, 0.29) is 11.9 Å². The van der Waals surface area contributed by atoms with Gasteiger partial charge in [0.05, 0.1) is 4.75 Å². The first-order valence-electron chi connectivity index (χ1n) is 7.85. The van der Waals surface area contributed by atoms with Gasteiger partial charge in [-0.05, 0) is 61.3 Å². The normalized spacial score (nSPS) is 14.3. The summed E-state index contributed by atoms with van der Waals surface area (Å²) in [5.41, 5.74) is -1.13. The second-order valence-electron chi connectivity index (χ2n) is 8.61. The molecule has 0 saturated heterocycles. The first-order valence-corrected chi connectivity index (χ1v) is 9.33. The van der Waals surface area contributed by atoms with Gasteiger partial charge in [0.15, 0.2) is 0 Å². The number of amides is 1. The third kappa shape index (κ3) is 6.65. The van der Waals surface area contributed by atoms with E-state index in [1.165, 1.54) is 0 Å². The Bertz CT molecular complexity index is 486. The van der Waals surface area contributed by atoms with Gasteiger partial charge in [-0.3, -0.25) is 4.79 Å². The van der Waals surface area contributed by atoms with Gasteiger partial charge in [-0.2, -0.15) is 0 Å². The number of hydrogen-bond donors (Lipinski definition) is 2. The maximum atomic E-state index is 12.3. The van der Waals surface area contributed by atoms with Gasteiger partial charge in [0.1, 0.15) is 0 Å². The molecule has 0 spiro atoms. The van der Waals surface area contributed by atoms with Gasteiger partial charge < -0.3 is 5.32 Å². The average molecular weight is 335 g/mol. The number of rotatable bonds is 7. The standard InChI is InChI=1S/C16H34N2O3S/c1-12(2)17-13(19)15(6,7)10-11-16(8,9)18-22(20,21)14(3,4)5/h12,18H,10-11H2,1-9H3,(H,17,19). The maximum Gasteiger partial charge on any atom is 0.225 e. The molecule has 0 rings (SSSR count). The van der Waals surface area contributed by atoms with Crippen LogP contribution in [-0.2, 0) is 14.8 Å². The van der Waals surface area contributed by atoms with Gasteiger partial charge in [-0.25, -0.2) is 13.1 Å². The maximum absolute atomic E-state index is 12.3. The van der Waals surface area contributed by atoms with Crippen molar-refractivity contribution in [1.29, 1.82) is 0 Å². The zero-order valence-electron chi connectivity index (χ0n) is 15.6. The fraction of sp³-hybridized carbons (Fsp3) is 0.938. The van der Waals surface area contributed by atoms with Crippen molar-refractivity contribution >= 4 is 15.9 Å². The van der Waals surface area contributed by atoms with Crippen LogP contribution in [0, 0.1) is 5.41 Å². The fourth-order valence-electron chi connectivity index (χ4n) is 1.76. The molecule has 0 radical (unpaired) electrons. The van der Waals surface area contributed by atoms with Crippen LogP contribution < -0.4 is 10.0 Å². The molecule has 0 aliphatic carbocycles. The summed E-state index contributed by atoms with van der Waals surface area (Å²) < 4.78 is 26.5. The van der Waals surface area contributed by atoms with E-state index in [2.05, 4.69) is 10.0 Å². The SMILES string of the molecule is CC(C)NC(=O)C(C)(C)CCC(C)(C)NS(=O)(=O)C(C)(C)C. The quantitative estimate of drug-likeness (QED) is 0.752. The van der Waals surface area contributed by atoms with E-state index >= 15 is 0 Å². The van der Waals surface area contributed by atoms with Gasteiger partial charge in [0.2, 0.25) is 15.9 Å². The molecule has 5 nitrogen and oxygen atoms in total. The Balaban J connectivity index is 4.85. The second-order valence-corrected chi connectivity index (χ2v) is 11.0. The van der Waals surface area contributed by atoms with Crippen LogP contribution in [0.2, 0.25) is 0 Å². The van der Waals surface area contributed by atoms with Crippen molar-refractivity contribution in [3.8, 4) is 0 Å². The third-order valence-electron chi connectivity index (χ3n) is 3.63. The van der Waals surface area contributed by atoms with E-state index < -0.39 is 25.7 Å². The molecular weight excluding hydrogens is 300 g/mol. The first-order chi connectivity index (χ1) is 9.50. The zero-order valence-corrected chi connectivity index (χ0v) is 16.4.